The molecule has 1 heteroatoms. The molecule has 0 amide bonds. The fourth-order valence-corrected chi connectivity index (χ4v) is 0.237. The van der Waals surface area contributed by atoms with E-state index in [0.717, 1.165) is 4.48 Å². The Kier molecular flexibility index (Phi) is 2.07. The predicted molar refractivity (Wildman–Crippen MR) is 30.0 cm³/mol. The predicted octanol–water partition coefficient (Wildman–Crippen LogP) is 0.282. The molecule has 0 aliphatic rings. The van der Waals surface area contributed by atoms with Crippen molar-refractivity contribution in [1.82, 2.24) is 0 Å². The second kappa shape index (κ2) is 2.15. The van der Waals surface area contributed by atoms with Crippen LogP contribution < -0.4 is 0 Å². The molecule has 0 fully saturated rings. The van der Waals surface area contributed by atoms with Gasteiger partial charge in [0.05, 0.1) is 0 Å². The second-order valence-electron chi connectivity index (χ2n) is 2.63. The van der Waals surface area contributed by atoms with Gasteiger partial charge in [-0.05, 0) is 0 Å². The first kappa shape index (κ1) is 6.74. The molecule has 0 aliphatic heterocycles. The maximum absolute atomic E-state index is 6.59. The first-order valence-electron chi connectivity index (χ1n) is 2.26. The van der Waals surface area contributed by atoms with Gasteiger partial charge in [-0.25, -0.2) is 0 Å². The summed E-state index contributed by atoms with van der Waals surface area (Å²) in [6, 6.07) is 0. The zero-order valence-electron chi connectivity index (χ0n) is 5.15. The summed E-state index contributed by atoms with van der Waals surface area (Å²) in [5.74, 6) is 2.33. The average Bonchev–Trinajstić information content (AvgIpc) is 1.30. The fraction of sp³-hybridized carbons (Fsp3) is 0.667. The minimum atomic E-state index is 0.694. The van der Waals surface area contributed by atoms with E-state index < -0.39 is 0 Å². The van der Waals surface area contributed by atoms with Crippen LogP contribution in [-0.4, -0.2) is 32.2 Å². The Morgan fingerprint density at radius 3 is 1.86 bits per heavy atom. The molecule has 0 saturated heterocycles. The molecule has 0 saturated carbocycles. The van der Waals surface area contributed by atoms with Crippen molar-refractivity contribution in [2.24, 2.45) is 0 Å². The van der Waals surface area contributed by atoms with Crippen LogP contribution in [0.15, 0.2) is 0 Å². The first-order valence-corrected chi connectivity index (χ1v) is 2.26. The van der Waals surface area contributed by atoms with E-state index in [4.69, 9.17) is 6.42 Å². The van der Waals surface area contributed by atoms with E-state index in [0.29, 0.717) is 6.54 Å². The van der Waals surface area contributed by atoms with E-state index in [9.17, 15) is 0 Å². The summed E-state index contributed by atoms with van der Waals surface area (Å²) < 4.78 is 0.795. The molecule has 0 heterocycles. The van der Waals surface area contributed by atoms with Crippen LogP contribution in [0.25, 0.3) is 0 Å². The molecule has 0 aromatic carbocycles. The summed E-state index contributed by atoms with van der Waals surface area (Å²) in [6.07, 6.45) is 6.59. The molecule has 38 valence electrons. The van der Waals surface area contributed by atoms with Gasteiger partial charge in [-0.2, -0.15) is 0 Å². The van der Waals surface area contributed by atoms with Gasteiger partial charge >= 0.3 is 44.5 Å². The maximum atomic E-state index is 6.59. The van der Waals surface area contributed by atoms with Gasteiger partial charge in [-0.1, -0.05) is 0 Å². The summed E-state index contributed by atoms with van der Waals surface area (Å²) in [7, 11) is 6.09. The van der Waals surface area contributed by atoms with Crippen molar-refractivity contribution < 1.29 is 4.48 Å². The van der Waals surface area contributed by atoms with Gasteiger partial charge in [0, 0.05) is 0 Å². The van der Waals surface area contributed by atoms with Crippen LogP contribution in [-0.2, 0) is 0 Å². The number of quaternary nitrogens is 1. The molecule has 0 spiro atoms. The summed E-state index contributed by atoms with van der Waals surface area (Å²) in [5.41, 5.74) is 0. The van der Waals surface area contributed by atoms with Crippen molar-refractivity contribution in [2.45, 2.75) is 0 Å². The van der Waals surface area contributed by atoms with E-state index >= 15 is 0 Å². The third kappa shape index (κ3) is 5.74. The summed E-state index contributed by atoms with van der Waals surface area (Å²) in [5, 5.41) is 0. The van der Waals surface area contributed by atoms with Gasteiger partial charge in [0.25, 0.3) is 0 Å². The number of hydrogen-bond acceptors (Lipinski definition) is 0. The van der Waals surface area contributed by atoms with Crippen molar-refractivity contribution in [1.29, 1.82) is 0 Å². The first-order chi connectivity index (χ1) is 3.06. The zero-order valence-corrected chi connectivity index (χ0v) is 5.15. The van der Waals surface area contributed by atoms with Crippen LogP contribution >= 0.6 is 0 Å². The molecular weight excluding hydrogens is 86.1 g/mol. The Balaban J connectivity index is 3.40. The molecule has 1 nitrogen and oxygen atoms in total. The standard InChI is InChI=1S/C6H11N/c1-5-6-7(2,3)4/h6H2,2-4H3/q+2. The molecule has 0 aliphatic carbocycles. The van der Waals surface area contributed by atoms with Gasteiger partial charge < -0.3 is 0 Å². The SMILES string of the molecule is [C+]#CC[N+](C)(C)C. The van der Waals surface area contributed by atoms with Crippen LogP contribution in [0.3, 0.4) is 0 Å². The Bertz CT molecular complexity index is 81.3. The molecule has 7 heavy (non-hydrogen) atoms. The quantitative estimate of drug-likeness (QED) is 0.250. The Hall–Kier alpha value is -0.260. The normalized spacial score (nSPS) is 11.0. The van der Waals surface area contributed by atoms with Crippen LogP contribution in [0.1, 0.15) is 0 Å². The van der Waals surface area contributed by atoms with E-state index in [2.05, 4.69) is 5.92 Å². The second-order valence-corrected chi connectivity index (χ2v) is 2.63. The van der Waals surface area contributed by atoms with Crippen molar-refractivity contribution in [3.05, 3.63) is 6.42 Å². The number of nitrogens with zero attached hydrogens (tertiary/aromatic N) is 1. The van der Waals surface area contributed by atoms with Gasteiger partial charge in [0.2, 0.25) is 0 Å². The summed E-state index contributed by atoms with van der Waals surface area (Å²) in [4.78, 5) is 0. The van der Waals surface area contributed by atoms with Crippen molar-refractivity contribution in [3.8, 4) is 5.92 Å². The van der Waals surface area contributed by atoms with E-state index in [-0.39, 0.29) is 0 Å². The van der Waals surface area contributed by atoms with Gasteiger partial charge in [-0.3, -0.25) is 0 Å². The fourth-order valence-electron chi connectivity index (χ4n) is 0.237. The summed E-state index contributed by atoms with van der Waals surface area (Å²) in [6.45, 7) is 0.694. The van der Waals surface area contributed by atoms with Gasteiger partial charge in [0.1, 0.15) is 0 Å². The van der Waals surface area contributed by atoms with E-state index in [1.54, 1.807) is 0 Å². The third-order valence-corrected chi connectivity index (χ3v) is 0.553. The molecule has 0 rings (SSSR count). The third-order valence-electron chi connectivity index (χ3n) is 0.553. The number of hydrogen-bond donors (Lipinski definition) is 0. The van der Waals surface area contributed by atoms with Crippen molar-refractivity contribution in [2.75, 3.05) is 27.7 Å². The van der Waals surface area contributed by atoms with Crippen LogP contribution in [0.5, 0.6) is 0 Å². The molecular formula is C6H11N+2. The van der Waals surface area contributed by atoms with Gasteiger partial charge in [-0.15, -0.1) is 0 Å². The van der Waals surface area contributed by atoms with Crippen molar-refractivity contribution in [3.63, 3.8) is 0 Å². The molecule has 0 atom stereocenters. The van der Waals surface area contributed by atoms with Crippen LogP contribution in [0.4, 0.5) is 0 Å². The molecule has 0 aromatic heterocycles. The van der Waals surface area contributed by atoms with Crippen LogP contribution in [0, 0.1) is 12.3 Å². The van der Waals surface area contributed by atoms with E-state index in [1.165, 1.54) is 0 Å². The monoisotopic (exact) mass is 97.1 g/mol. The molecule has 0 bridgehead atoms. The van der Waals surface area contributed by atoms with Gasteiger partial charge in [0.15, 0.2) is 0 Å². The molecule has 0 N–H and O–H groups in total. The zero-order chi connectivity index (χ0) is 5.91. The average molecular weight is 97.2 g/mol. The minimum absolute atomic E-state index is 0.694. The Labute approximate surface area is 45.5 Å². The topological polar surface area (TPSA) is 0 Å². The summed E-state index contributed by atoms with van der Waals surface area (Å²) >= 11 is 0. The molecule has 0 radical (unpaired) electrons. The molecule has 0 unspecified atom stereocenters. The number of rotatable bonds is 1. The molecule has 0 aromatic rings. The van der Waals surface area contributed by atoms with Crippen LogP contribution in [0.2, 0.25) is 0 Å². The van der Waals surface area contributed by atoms with E-state index in [1.807, 2.05) is 21.1 Å². The van der Waals surface area contributed by atoms with Crippen molar-refractivity contribution >= 4 is 0 Å². The Morgan fingerprint density at radius 2 is 1.86 bits per heavy atom. The Morgan fingerprint density at radius 1 is 1.43 bits per heavy atom.